The van der Waals surface area contributed by atoms with Crippen LogP contribution in [0.25, 0.3) is 6.08 Å². The van der Waals surface area contributed by atoms with Crippen molar-refractivity contribution in [2.45, 2.75) is 24.7 Å². The van der Waals surface area contributed by atoms with Crippen molar-refractivity contribution in [3.05, 3.63) is 96.6 Å². The molecule has 0 aliphatic carbocycles. The topological polar surface area (TPSA) is 63.7 Å². The van der Waals surface area contributed by atoms with Crippen LogP contribution >= 0.6 is 0 Å². The molecule has 0 N–H and O–H groups in total. The third-order valence-corrected chi connectivity index (χ3v) is 6.29. The maximum absolute atomic E-state index is 13.3. The highest BCUT2D eigenvalue weighted by atomic mass is 32.2. The molecule has 3 rings (SSSR count). The smallest absolute Gasteiger partial charge is 0.271 e. The van der Waals surface area contributed by atoms with Crippen molar-refractivity contribution in [3.8, 4) is 5.75 Å². The quantitative estimate of drug-likeness (QED) is 0.338. The van der Waals surface area contributed by atoms with Crippen molar-refractivity contribution in [2.24, 2.45) is 0 Å². The zero-order valence-corrected chi connectivity index (χ0v) is 18.2. The van der Waals surface area contributed by atoms with Gasteiger partial charge in [0.1, 0.15) is 5.75 Å². The van der Waals surface area contributed by atoms with E-state index in [0.29, 0.717) is 17.9 Å². The molecule has 0 unspecified atom stereocenters. The van der Waals surface area contributed by atoms with Gasteiger partial charge in [0.25, 0.3) is 15.9 Å². The third-order valence-electron chi connectivity index (χ3n) is 4.55. The fraction of sp³-hybridized carbons (Fsp3) is 0.160. The molecule has 0 atom stereocenters. The first-order chi connectivity index (χ1) is 15.0. The number of rotatable bonds is 9. The van der Waals surface area contributed by atoms with Crippen LogP contribution < -0.4 is 9.04 Å². The molecule has 3 aromatic carbocycles. The van der Waals surface area contributed by atoms with Crippen LogP contribution in [0, 0.1) is 0 Å². The van der Waals surface area contributed by atoms with Gasteiger partial charge in [0.15, 0.2) is 0 Å². The number of carbonyl (C=O) groups excluding carboxylic acids is 1. The van der Waals surface area contributed by atoms with Crippen LogP contribution in [0.15, 0.2) is 95.9 Å². The first kappa shape index (κ1) is 22.3. The molecule has 0 aromatic heterocycles. The van der Waals surface area contributed by atoms with Crippen molar-refractivity contribution in [3.63, 3.8) is 0 Å². The molecule has 0 aliphatic heterocycles. The average Bonchev–Trinajstić information content (AvgIpc) is 2.80. The number of sulfonamides is 1. The number of hydrogen-bond donors (Lipinski definition) is 0. The van der Waals surface area contributed by atoms with Crippen LogP contribution in [-0.4, -0.2) is 20.9 Å². The summed E-state index contributed by atoms with van der Waals surface area (Å²) in [5, 5.41) is 0. The van der Waals surface area contributed by atoms with Gasteiger partial charge in [0.2, 0.25) is 0 Å². The van der Waals surface area contributed by atoms with E-state index in [9.17, 15) is 13.2 Å². The van der Waals surface area contributed by atoms with Crippen LogP contribution in [0.5, 0.6) is 5.75 Å². The van der Waals surface area contributed by atoms with Crippen molar-refractivity contribution in [2.75, 3.05) is 10.9 Å². The Hall–Kier alpha value is -3.38. The summed E-state index contributed by atoms with van der Waals surface area (Å²) in [6.07, 6.45) is 4.78. The highest BCUT2D eigenvalue weighted by molar-refractivity contribution is 7.93. The minimum absolute atomic E-state index is 0.0453. The molecule has 6 heteroatoms. The number of benzene rings is 3. The normalized spacial score (nSPS) is 11.4. The van der Waals surface area contributed by atoms with E-state index in [1.54, 1.807) is 54.6 Å². The molecular formula is C25H25NO4S. The van der Waals surface area contributed by atoms with Gasteiger partial charge in [-0.1, -0.05) is 67.9 Å². The Morgan fingerprint density at radius 1 is 0.903 bits per heavy atom. The summed E-state index contributed by atoms with van der Waals surface area (Å²) >= 11 is 0. The Balaban J connectivity index is 1.94. The van der Waals surface area contributed by atoms with Crippen molar-refractivity contribution in [1.29, 1.82) is 0 Å². The molecule has 0 fully saturated rings. The maximum Gasteiger partial charge on any atom is 0.271 e. The molecule has 5 nitrogen and oxygen atoms in total. The lowest BCUT2D eigenvalue weighted by molar-refractivity contribution is -0.113. The summed E-state index contributed by atoms with van der Waals surface area (Å²) < 4.78 is 33.2. The van der Waals surface area contributed by atoms with Gasteiger partial charge in [-0.25, -0.2) is 8.42 Å². The maximum atomic E-state index is 13.3. The predicted octanol–water partition coefficient (Wildman–Crippen LogP) is 5.30. The summed E-state index contributed by atoms with van der Waals surface area (Å²) in [4.78, 5) is 13.2. The van der Waals surface area contributed by atoms with Crippen molar-refractivity contribution >= 4 is 27.7 Å². The van der Waals surface area contributed by atoms with Gasteiger partial charge in [-0.05, 0) is 42.8 Å². The van der Waals surface area contributed by atoms with Gasteiger partial charge in [-0.3, -0.25) is 4.79 Å². The second kappa shape index (κ2) is 10.6. The number of ether oxygens (including phenoxy) is 1. The van der Waals surface area contributed by atoms with E-state index < -0.39 is 15.9 Å². The lowest BCUT2D eigenvalue weighted by Gasteiger charge is -2.21. The molecule has 0 saturated carbocycles. The second-order valence-corrected chi connectivity index (χ2v) is 8.62. The highest BCUT2D eigenvalue weighted by Gasteiger charge is 2.29. The minimum Gasteiger partial charge on any atom is -0.493 e. The van der Waals surface area contributed by atoms with Gasteiger partial charge >= 0.3 is 0 Å². The number of unbranched alkanes of at least 4 members (excludes halogenated alkanes) is 1. The van der Waals surface area contributed by atoms with E-state index in [4.69, 9.17) is 4.74 Å². The number of carbonyl (C=O) groups is 1. The van der Waals surface area contributed by atoms with Gasteiger partial charge in [0.05, 0.1) is 17.2 Å². The predicted molar refractivity (Wildman–Crippen MR) is 123 cm³/mol. The van der Waals surface area contributed by atoms with Crippen LogP contribution in [0.2, 0.25) is 0 Å². The van der Waals surface area contributed by atoms with E-state index in [1.165, 1.54) is 18.2 Å². The standard InChI is InChI=1S/C25H25NO4S/c1-2-3-20-30-24-17-11-10-12-21(24)18-19-25(27)26(22-13-6-4-7-14-22)31(28,29)23-15-8-5-9-16-23/h4-19H,2-3,20H2,1H3/b19-18+. The van der Waals surface area contributed by atoms with Crippen molar-refractivity contribution in [1.82, 2.24) is 0 Å². The summed E-state index contributed by atoms with van der Waals surface area (Å²) in [5.74, 6) is -0.0180. The Morgan fingerprint density at radius 3 is 2.19 bits per heavy atom. The zero-order valence-electron chi connectivity index (χ0n) is 17.3. The van der Waals surface area contributed by atoms with E-state index in [1.807, 2.05) is 24.3 Å². The molecule has 0 radical (unpaired) electrons. The molecule has 3 aromatic rings. The summed E-state index contributed by atoms with van der Waals surface area (Å²) in [6.45, 7) is 2.66. The summed E-state index contributed by atoms with van der Waals surface area (Å²) in [6, 6.07) is 23.6. The Bertz CT molecular complexity index is 1130. The van der Waals surface area contributed by atoms with Crippen LogP contribution in [0.4, 0.5) is 5.69 Å². The molecule has 160 valence electrons. The SMILES string of the molecule is CCCCOc1ccccc1/C=C/C(=O)N(c1ccccc1)S(=O)(=O)c1ccccc1. The zero-order chi connectivity index (χ0) is 22.1. The number of amides is 1. The third kappa shape index (κ3) is 5.61. The van der Waals surface area contributed by atoms with Gasteiger partial charge in [-0.15, -0.1) is 0 Å². The second-order valence-electron chi connectivity index (χ2n) is 6.83. The summed E-state index contributed by atoms with van der Waals surface area (Å²) in [7, 11) is -4.08. The molecular weight excluding hydrogens is 410 g/mol. The number of nitrogens with zero attached hydrogens (tertiary/aromatic N) is 1. The molecule has 0 saturated heterocycles. The first-order valence-electron chi connectivity index (χ1n) is 10.1. The van der Waals surface area contributed by atoms with E-state index >= 15 is 0 Å². The van der Waals surface area contributed by atoms with Crippen LogP contribution in [0.3, 0.4) is 0 Å². The molecule has 31 heavy (non-hydrogen) atoms. The minimum atomic E-state index is -4.08. The Labute approximate surface area is 183 Å². The van der Waals surface area contributed by atoms with Gasteiger partial charge in [0, 0.05) is 11.6 Å². The fourth-order valence-electron chi connectivity index (χ4n) is 2.95. The Kier molecular flexibility index (Phi) is 7.62. The number of anilines is 1. The van der Waals surface area contributed by atoms with E-state index in [-0.39, 0.29) is 10.6 Å². The lowest BCUT2D eigenvalue weighted by Crippen LogP contribution is -2.35. The lowest BCUT2D eigenvalue weighted by atomic mass is 10.2. The Morgan fingerprint density at radius 2 is 1.52 bits per heavy atom. The molecule has 0 bridgehead atoms. The van der Waals surface area contributed by atoms with Gasteiger partial charge < -0.3 is 4.74 Å². The van der Waals surface area contributed by atoms with E-state index in [2.05, 4.69) is 6.92 Å². The number of para-hydroxylation sites is 2. The number of hydrogen-bond acceptors (Lipinski definition) is 4. The first-order valence-corrected chi connectivity index (χ1v) is 11.6. The highest BCUT2D eigenvalue weighted by Crippen LogP contribution is 2.25. The molecule has 1 amide bonds. The molecule has 0 heterocycles. The van der Waals surface area contributed by atoms with Crippen molar-refractivity contribution < 1.29 is 17.9 Å². The van der Waals surface area contributed by atoms with Crippen LogP contribution in [-0.2, 0) is 14.8 Å². The van der Waals surface area contributed by atoms with Crippen LogP contribution in [0.1, 0.15) is 25.3 Å². The fourth-order valence-corrected chi connectivity index (χ4v) is 4.36. The monoisotopic (exact) mass is 435 g/mol. The summed E-state index contributed by atoms with van der Waals surface area (Å²) in [5.41, 5.74) is 0.977. The van der Waals surface area contributed by atoms with Gasteiger partial charge in [-0.2, -0.15) is 4.31 Å². The molecule has 0 aliphatic rings. The largest absolute Gasteiger partial charge is 0.493 e. The molecule has 0 spiro atoms. The van der Waals surface area contributed by atoms with E-state index in [0.717, 1.165) is 17.1 Å². The average molecular weight is 436 g/mol.